The van der Waals surface area contributed by atoms with Crippen LogP contribution in [0.3, 0.4) is 0 Å². The summed E-state index contributed by atoms with van der Waals surface area (Å²) in [5, 5.41) is 10.6. The van der Waals surface area contributed by atoms with Gasteiger partial charge in [0.1, 0.15) is 5.84 Å². The van der Waals surface area contributed by atoms with E-state index >= 15 is 0 Å². The quantitative estimate of drug-likeness (QED) is 0.192. The van der Waals surface area contributed by atoms with E-state index in [4.69, 9.17) is 21.6 Å². The summed E-state index contributed by atoms with van der Waals surface area (Å²) in [6.45, 7) is 4.12. The second kappa shape index (κ2) is 14.5. The zero-order chi connectivity index (χ0) is 26.9. The fourth-order valence-electron chi connectivity index (χ4n) is 4.81. The molecule has 0 aliphatic heterocycles. The Morgan fingerprint density at radius 3 is 2.45 bits per heavy atom. The van der Waals surface area contributed by atoms with Crippen molar-refractivity contribution < 1.29 is 19.1 Å². The summed E-state index contributed by atoms with van der Waals surface area (Å²) in [4.78, 5) is 40.4. The van der Waals surface area contributed by atoms with Crippen LogP contribution in [-0.4, -0.2) is 42.8 Å². The zero-order valence-corrected chi connectivity index (χ0v) is 22.8. The molecule has 1 saturated carbocycles. The van der Waals surface area contributed by atoms with Crippen molar-refractivity contribution >= 4 is 41.7 Å². The summed E-state index contributed by atoms with van der Waals surface area (Å²) in [6, 6.07) is 11.6. The number of halogens is 1. The lowest BCUT2D eigenvalue weighted by Crippen LogP contribution is -2.40. The van der Waals surface area contributed by atoms with E-state index in [0.29, 0.717) is 16.7 Å². The van der Waals surface area contributed by atoms with Gasteiger partial charge in [0.2, 0.25) is 5.91 Å². The van der Waals surface area contributed by atoms with Gasteiger partial charge in [-0.2, -0.15) is 0 Å². The summed E-state index contributed by atoms with van der Waals surface area (Å²) in [7, 11) is 0. The van der Waals surface area contributed by atoms with Crippen LogP contribution in [0.25, 0.3) is 0 Å². The maximum atomic E-state index is 13.3. The van der Waals surface area contributed by atoms with Crippen molar-refractivity contribution in [3.63, 3.8) is 0 Å². The molecule has 6 N–H and O–H groups in total. The molecule has 1 aliphatic carbocycles. The molecule has 0 heterocycles. The number of carbonyl (C=O) groups excluding carboxylic acids is 3. The van der Waals surface area contributed by atoms with Crippen LogP contribution in [-0.2, 0) is 14.3 Å². The third-order valence-electron chi connectivity index (χ3n) is 6.62. The van der Waals surface area contributed by atoms with Gasteiger partial charge < -0.3 is 26.4 Å². The number of ether oxygens (including phenoxy) is 1. The molecule has 1 atom stereocenters. The third kappa shape index (κ3) is 7.79. The first kappa shape index (κ1) is 30.8. The van der Waals surface area contributed by atoms with Crippen molar-refractivity contribution in [2.45, 2.75) is 64.5 Å². The minimum absolute atomic E-state index is 0. The minimum atomic E-state index is -0.674. The largest absolute Gasteiger partial charge is 0.466 e. The van der Waals surface area contributed by atoms with Crippen LogP contribution < -0.4 is 21.7 Å². The number of benzene rings is 2. The smallest absolute Gasteiger partial charge is 0.308 e. The molecule has 9 nitrogen and oxygen atoms in total. The van der Waals surface area contributed by atoms with E-state index in [1.807, 2.05) is 17.9 Å². The van der Waals surface area contributed by atoms with Crippen LogP contribution >= 0.6 is 12.4 Å². The van der Waals surface area contributed by atoms with Crippen molar-refractivity contribution in [1.29, 1.82) is 5.41 Å². The van der Waals surface area contributed by atoms with Gasteiger partial charge >= 0.3 is 5.97 Å². The summed E-state index contributed by atoms with van der Waals surface area (Å²) in [6.07, 6.45) is 4.28. The number of nitrogens with two attached hydrogens (primary N) is 2. The van der Waals surface area contributed by atoms with E-state index in [2.05, 4.69) is 5.32 Å². The Balaban J connectivity index is 0.00000507. The summed E-state index contributed by atoms with van der Waals surface area (Å²) < 4.78 is 5.11. The number of amidine groups is 1. The average Bonchev–Trinajstić information content (AvgIpc) is 3.39. The maximum Gasteiger partial charge on any atom is 0.308 e. The lowest BCUT2D eigenvalue weighted by Gasteiger charge is -2.31. The van der Waals surface area contributed by atoms with Gasteiger partial charge in [-0.25, -0.2) is 0 Å². The van der Waals surface area contributed by atoms with E-state index in [1.165, 1.54) is 0 Å². The molecule has 2 aromatic carbocycles. The lowest BCUT2D eigenvalue weighted by atomic mass is 9.99. The van der Waals surface area contributed by atoms with Gasteiger partial charge in [0, 0.05) is 35.8 Å². The molecule has 0 saturated heterocycles. The molecule has 0 spiro atoms. The number of nitrogen functional groups attached to an aromatic ring is 1. The molecular weight excluding hydrogens is 506 g/mol. The van der Waals surface area contributed by atoms with Crippen molar-refractivity contribution in [2.24, 2.45) is 11.5 Å². The number of nitrogens with zero attached hydrogens (tertiary/aromatic N) is 1. The van der Waals surface area contributed by atoms with Gasteiger partial charge in [-0.1, -0.05) is 31.0 Å². The molecule has 1 aliphatic rings. The maximum absolute atomic E-state index is 13.3. The molecule has 2 amide bonds. The number of hydrogen-bond donors (Lipinski definition) is 4. The molecule has 0 aromatic heterocycles. The Bertz CT molecular complexity index is 1150. The molecule has 10 heteroatoms. The number of anilines is 1. The van der Waals surface area contributed by atoms with Gasteiger partial charge in [0.15, 0.2) is 0 Å². The number of carbonyl (C=O) groups is 3. The highest BCUT2D eigenvalue weighted by Gasteiger charge is 2.29. The van der Waals surface area contributed by atoms with E-state index in [-0.39, 0.29) is 62.1 Å². The zero-order valence-electron chi connectivity index (χ0n) is 22.0. The number of rotatable bonds is 11. The SMILES string of the molecule is CCOC(=O)CC(NC(=O)c1ccc(N(C(=O)CCN)C2CCCC2)c(C)c1)c1cccc(C(=N)N)c1.Cl. The van der Waals surface area contributed by atoms with Gasteiger partial charge in [-0.3, -0.25) is 19.8 Å². The van der Waals surface area contributed by atoms with Crippen molar-refractivity contribution in [2.75, 3.05) is 18.1 Å². The molecule has 3 rings (SSSR count). The highest BCUT2D eigenvalue weighted by Crippen LogP contribution is 2.32. The first-order valence-corrected chi connectivity index (χ1v) is 12.8. The average molecular weight is 544 g/mol. The topological polar surface area (TPSA) is 152 Å². The molecule has 38 heavy (non-hydrogen) atoms. The standard InChI is InChI=1S/C28H37N5O4.ClH/c1-3-37-26(35)17-23(19-7-6-8-20(16-19)27(30)31)32-28(36)21-11-12-24(18(2)15-21)33(25(34)13-14-29)22-9-4-5-10-22;/h6-8,11-12,15-16,22-23H,3-5,9-10,13-14,17,29H2,1-2H3,(H3,30,31)(H,32,36);1H. The van der Waals surface area contributed by atoms with Gasteiger partial charge in [-0.05, 0) is 62.1 Å². The first-order chi connectivity index (χ1) is 17.7. The van der Waals surface area contributed by atoms with Gasteiger partial charge in [0.05, 0.1) is 19.1 Å². The molecule has 0 bridgehead atoms. The van der Waals surface area contributed by atoms with E-state index in [9.17, 15) is 14.4 Å². The Kier molecular flexibility index (Phi) is 11.7. The molecule has 2 aromatic rings. The Morgan fingerprint density at radius 2 is 1.84 bits per heavy atom. The fraction of sp³-hybridized carbons (Fsp3) is 0.429. The Hall–Kier alpha value is -3.43. The van der Waals surface area contributed by atoms with E-state index in [1.54, 1.807) is 43.3 Å². The van der Waals surface area contributed by atoms with Crippen LogP contribution in [0.4, 0.5) is 5.69 Å². The first-order valence-electron chi connectivity index (χ1n) is 12.8. The molecule has 206 valence electrons. The van der Waals surface area contributed by atoms with Crippen LogP contribution in [0.2, 0.25) is 0 Å². The third-order valence-corrected chi connectivity index (χ3v) is 6.62. The monoisotopic (exact) mass is 543 g/mol. The van der Waals surface area contributed by atoms with Crippen LogP contribution in [0.1, 0.15) is 78.5 Å². The predicted octanol–water partition coefficient (Wildman–Crippen LogP) is 3.75. The normalized spacial score (nSPS) is 13.8. The van der Waals surface area contributed by atoms with E-state index < -0.39 is 12.0 Å². The van der Waals surface area contributed by atoms with Gasteiger partial charge in [-0.15, -0.1) is 12.4 Å². The highest BCUT2D eigenvalue weighted by molar-refractivity contribution is 5.98. The van der Waals surface area contributed by atoms with Gasteiger partial charge in [0.25, 0.3) is 5.91 Å². The number of aryl methyl sites for hydroxylation is 1. The number of nitrogens with one attached hydrogen (secondary N) is 2. The lowest BCUT2D eigenvalue weighted by molar-refractivity contribution is -0.143. The molecule has 1 fully saturated rings. The fourth-order valence-corrected chi connectivity index (χ4v) is 4.81. The summed E-state index contributed by atoms with van der Waals surface area (Å²) >= 11 is 0. The van der Waals surface area contributed by atoms with Crippen molar-refractivity contribution in [3.05, 3.63) is 64.7 Å². The summed E-state index contributed by atoms with van der Waals surface area (Å²) in [5.41, 5.74) is 14.5. The Labute approximate surface area is 230 Å². The van der Waals surface area contributed by atoms with Crippen molar-refractivity contribution in [3.8, 4) is 0 Å². The predicted molar refractivity (Wildman–Crippen MR) is 151 cm³/mol. The second-order valence-corrected chi connectivity index (χ2v) is 9.32. The number of hydrogen-bond acceptors (Lipinski definition) is 6. The summed E-state index contributed by atoms with van der Waals surface area (Å²) in [5.74, 6) is -0.920. The Morgan fingerprint density at radius 1 is 1.13 bits per heavy atom. The number of amides is 2. The molecule has 1 unspecified atom stereocenters. The highest BCUT2D eigenvalue weighted by atomic mass is 35.5. The molecular formula is C28H38ClN5O4. The van der Waals surface area contributed by atoms with E-state index in [0.717, 1.165) is 36.9 Å². The van der Waals surface area contributed by atoms with Crippen molar-refractivity contribution in [1.82, 2.24) is 5.32 Å². The van der Waals surface area contributed by atoms with Crippen LogP contribution in [0.5, 0.6) is 0 Å². The second-order valence-electron chi connectivity index (χ2n) is 9.32. The minimum Gasteiger partial charge on any atom is -0.466 e. The van der Waals surface area contributed by atoms with Crippen LogP contribution in [0.15, 0.2) is 42.5 Å². The molecule has 0 radical (unpaired) electrons. The number of esters is 1. The van der Waals surface area contributed by atoms with Crippen LogP contribution in [0, 0.1) is 12.3 Å².